The van der Waals surface area contributed by atoms with E-state index in [4.69, 9.17) is 34.7 Å². The third-order valence-electron chi connectivity index (χ3n) is 2.59. The highest BCUT2D eigenvalue weighted by atomic mass is 35.5. The number of hydrogen-bond donors (Lipinski definition) is 2. The molecule has 0 aromatic heterocycles. The van der Waals surface area contributed by atoms with Crippen LogP contribution >= 0.6 is 23.2 Å². The summed E-state index contributed by atoms with van der Waals surface area (Å²) in [5, 5.41) is 1.17. The van der Waals surface area contributed by atoms with Gasteiger partial charge in [-0.1, -0.05) is 41.4 Å². The van der Waals surface area contributed by atoms with Crippen LogP contribution < -0.4 is 11.5 Å². The van der Waals surface area contributed by atoms with Gasteiger partial charge in [-0.25, -0.2) is 0 Å². The lowest BCUT2D eigenvalue weighted by molar-refractivity contribution is 0.872. The van der Waals surface area contributed by atoms with Gasteiger partial charge < -0.3 is 11.5 Å². The quantitative estimate of drug-likeness (QED) is 0.816. The average molecular weight is 267 g/mol. The molecular formula is C13H12Cl2N2. The van der Waals surface area contributed by atoms with Gasteiger partial charge in [0.15, 0.2) is 0 Å². The summed E-state index contributed by atoms with van der Waals surface area (Å²) in [6, 6.07) is 12.5. The first kappa shape index (κ1) is 12.2. The Balaban J connectivity index is 2.36. The topological polar surface area (TPSA) is 52.0 Å². The van der Waals surface area contributed by atoms with E-state index in [1.807, 2.05) is 30.3 Å². The van der Waals surface area contributed by atoms with Crippen LogP contribution in [0.4, 0.5) is 5.69 Å². The van der Waals surface area contributed by atoms with Crippen LogP contribution in [-0.4, -0.2) is 0 Å². The fraction of sp³-hybridized carbons (Fsp3) is 0.0769. The molecule has 0 saturated heterocycles. The zero-order chi connectivity index (χ0) is 12.4. The van der Waals surface area contributed by atoms with Gasteiger partial charge in [0.25, 0.3) is 0 Å². The van der Waals surface area contributed by atoms with E-state index in [1.165, 1.54) is 0 Å². The Morgan fingerprint density at radius 3 is 2.18 bits per heavy atom. The number of nitrogens with two attached hydrogens (primary N) is 2. The van der Waals surface area contributed by atoms with Crippen LogP contribution in [0.2, 0.25) is 10.0 Å². The molecule has 4 heteroatoms. The normalized spacial score (nSPS) is 12.4. The largest absolute Gasteiger partial charge is 0.399 e. The molecule has 1 unspecified atom stereocenters. The van der Waals surface area contributed by atoms with Crippen LogP contribution in [0.1, 0.15) is 17.2 Å². The zero-order valence-corrected chi connectivity index (χ0v) is 10.5. The van der Waals surface area contributed by atoms with Crippen LogP contribution in [0.5, 0.6) is 0 Å². The number of halogens is 2. The summed E-state index contributed by atoms with van der Waals surface area (Å²) in [6.07, 6.45) is 0. The molecule has 2 aromatic carbocycles. The van der Waals surface area contributed by atoms with Gasteiger partial charge in [-0.3, -0.25) is 0 Å². The predicted octanol–water partition coefficient (Wildman–Crippen LogP) is 3.62. The smallest absolute Gasteiger partial charge is 0.0566 e. The number of benzene rings is 2. The molecule has 1 atom stereocenters. The van der Waals surface area contributed by atoms with Crippen LogP contribution in [0.25, 0.3) is 0 Å². The van der Waals surface area contributed by atoms with E-state index >= 15 is 0 Å². The van der Waals surface area contributed by atoms with E-state index in [0.29, 0.717) is 15.7 Å². The Morgan fingerprint density at radius 1 is 0.941 bits per heavy atom. The standard InChI is InChI=1S/C13H12Cl2N2/c14-9-3-6-11(12(15)7-9)13(17)8-1-4-10(16)5-2-8/h1-7,13H,16-17H2. The van der Waals surface area contributed by atoms with Gasteiger partial charge in [-0.2, -0.15) is 0 Å². The highest BCUT2D eigenvalue weighted by Crippen LogP contribution is 2.29. The van der Waals surface area contributed by atoms with Crippen molar-refractivity contribution in [1.29, 1.82) is 0 Å². The van der Waals surface area contributed by atoms with E-state index in [2.05, 4.69) is 0 Å². The molecule has 0 aliphatic rings. The van der Waals surface area contributed by atoms with Gasteiger partial charge in [0.05, 0.1) is 6.04 Å². The van der Waals surface area contributed by atoms with Crippen LogP contribution in [-0.2, 0) is 0 Å². The molecule has 2 rings (SSSR count). The highest BCUT2D eigenvalue weighted by molar-refractivity contribution is 6.35. The number of anilines is 1. The molecule has 88 valence electrons. The fourth-order valence-electron chi connectivity index (χ4n) is 1.64. The molecule has 0 bridgehead atoms. The summed E-state index contributed by atoms with van der Waals surface area (Å²) in [5.74, 6) is 0. The van der Waals surface area contributed by atoms with E-state index in [0.717, 1.165) is 11.1 Å². The van der Waals surface area contributed by atoms with E-state index in [9.17, 15) is 0 Å². The van der Waals surface area contributed by atoms with Gasteiger partial charge in [0, 0.05) is 15.7 Å². The molecule has 0 aliphatic heterocycles. The molecule has 0 spiro atoms. The maximum atomic E-state index is 6.15. The Hall–Kier alpha value is -1.22. The summed E-state index contributed by atoms with van der Waals surface area (Å²) < 4.78 is 0. The average Bonchev–Trinajstić information content (AvgIpc) is 2.29. The van der Waals surface area contributed by atoms with E-state index < -0.39 is 0 Å². The van der Waals surface area contributed by atoms with E-state index in [1.54, 1.807) is 12.1 Å². The first-order chi connectivity index (χ1) is 8.08. The van der Waals surface area contributed by atoms with Crippen LogP contribution in [0.3, 0.4) is 0 Å². The fourth-order valence-corrected chi connectivity index (χ4v) is 2.16. The molecule has 4 N–H and O–H groups in total. The van der Waals surface area contributed by atoms with Crippen molar-refractivity contribution < 1.29 is 0 Å². The minimum Gasteiger partial charge on any atom is -0.399 e. The summed E-state index contributed by atoms with van der Waals surface area (Å²) >= 11 is 12.0. The number of hydrogen-bond acceptors (Lipinski definition) is 2. The van der Waals surface area contributed by atoms with Gasteiger partial charge in [-0.05, 0) is 35.4 Å². The summed E-state index contributed by atoms with van der Waals surface area (Å²) in [7, 11) is 0. The molecule has 2 aromatic rings. The van der Waals surface area contributed by atoms with Crippen molar-refractivity contribution in [2.75, 3.05) is 5.73 Å². The first-order valence-corrected chi connectivity index (χ1v) is 5.89. The molecule has 0 fully saturated rings. The zero-order valence-electron chi connectivity index (χ0n) is 9.03. The Bertz CT molecular complexity index is 523. The third-order valence-corrected chi connectivity index (χ3v) is 3.16. The van der Waals surface area contributed by atoms with Gasteiger partial charge in [0.2, 0.25) is 0 Å². The van der Waals surface area contributed by atoms with Crippen molar-refractivity contribution in [3.05, 3.63) is 63.6 Å². The van der Waals surface area contributed by atoms with Crippen molar-refractivity contribution in [3.8, 4) is 0 Å². The SMILES string of the molecule is Nc1ccc(C(N)c2ccc(Cl)cc2Cl)cc1. The third kappa shape index (κ3) is 2.72. The highest BCUT2D eigenvalue weighted by Gasteiger charge is 2.12. The lowest BCUT2D eigenvalue weighted by Crippen LogP contribution is -2.12. The van der Waals surface area contributed by atoms with E-state index in [-0.39, 0.29) is 6.04 Å². The lowest BCUT2D eigenvalue weighted by atomic mass is 9.99. The number of rotatable bonds is 2. The minimum atomic E-state index is -0.277. The Labute approximate surface area is 110 Å². The minimum absolute atomic E-state index is 0.277. The van der Waals surface area contributed by atoms with Crippen molar-refractivity contribution in [3.63, 3.8) is 0 Å². The second kappa shape index (κ2) is 4.96. The van der Waals surface area contributed by atoms with Gasteiger partial charge >= 0.3 is 0 Å². The molecule has 0 amide bonds. The predicted molar refractivity (Wildman–Crippen MR) is 73.3 cm³/mol. The molecule has 17 heavy (non-hydrogen) atoms. The Kier molecular flexibility index (Phi) is 3.57. The van der Waals surface area contributed by atoms with Crippen molar-refractivity contribution in [2.24, 2.45) is 5.73 Å². The van der Waals surface area contributed by atoms with Crippen molar-refractivity contribution in [1.82, 2.24) is 0 Å². The van der Waals surface area contributed by atoms with Crippen LogP contribution in [0, 0.1) is 0 Å². The molecular weight excluding hydrogens is 255 g/mol. The monoisotopic (exact) mass is 266 g/mol. The molecule has 0 saturated carbocycles. The summed E-state index contributed by atoms with van der Waals surface area (Å²) in [6.45, 7) is 0. The molecule has 0 aliphatic carbocycles. The van der Waals surface area contributed by atoms with Gasteiger partial charge in [0.1, 0.15) is 0 Å². The van der Waals surface area contributed by atoms with Gasteiger partial charge in [-0.15, -0.1) is 0 Å². The molecule has 0 radical (unpaired) electrons. The lowest BCUT2D eigenvalue weighted by Gasteiger charge is -2.14. The van der Waals surface area contributed by atoms with Crippen LogP contribution in [0.15, 0.2) is 42.5 Å². The molecule has 0 heterocycles. The summed E-state index contributed by atoms with van der Waals surface area (Å²) in [4.78, 5) is 0. The molecule has 2 nitrogen and oxygen atoms in total. The first-order valence-electron chi connectivity index (χ1n) is 5.14. The second-order valence-corrected chi connectivity index (χ2v) is 4.65. The second-order valence-electron chi connectivity index (χ2n) is 3.81. The number of nitrogen functional groups attached to an aromatic ring is 1. The Morgan fingerprint density at radius 2 is 1.59 bits per heavy atom. The maximum absolute atomic E-state index is 6.15. The maximum Gasteiger partial charge on any atom is 0.0566 e. The summed E-state index contributed by atoms with van der Waals surface area (Å²) in [5.41, 5.74) is 14.3. The van der Waals surface area contributed by atoms with Crippen molar-refractivity contribution in [2.45, 2.75) is 6.04 Å². The van der Waals surface area contributed by atoms with Crippen molar-refractivity contribution >= 4 is 28.9 Å².